The number of rotatable bonds is 4. The lowest BCUT2D eigenvalue weighted by Gasteiger charge is -2.13. The molecule has 2 heterocycles. The second-order valence-corrected chi connectivity index (χ2v) is 7.16. The zero-order valence-electron chi connectivity index (χ0n) is 16.1. The molecular formula is C25H22NO2+. The monoisotopic (exact) mass is 368 g/mol. The molecule has 0 bridgehead atoms. The first-order chi connectivity index (χ1) is 13.8. The summed E-state index contributed by atoms with van der Waals surface area (Å²) >= 11 is 0. The summed E-state index contributed by atoms with van der Waals surface area (Å²) in [5.74, 6) is 1.83. The Balaban J connectivity index is 1.67. The van der Waals surface area contributed by atoms with Crippen LogP contribution in [0.3, 0.4) is 0 Å². The van der Waals surface area contributed by atoms with Crippen LogP contribution < -0.4 is 14.0 Å². The molecule has 5 rings (SSSR count). The first-order valence-electron chi connectivity index (χ1n) is 9.53. The molecule has 0 radical (unpaired) electrons. The molecular weight excluding hydrogens is 346 g/mol. The van der Waals surface area contributed by atoms with Gasteiger partial charge in [-0.25, -0.2) is 0 Å². The lowest BCUT2D eigenvalue weighted by Crippen LogP contribution is -2.31. The van der Waals surface area contributed by atoms with Crippen molar-refractivity contribution in [3.8, 4) is 17.2 Å². The smallest absolute Gasteiger partial charge is 0.214 e. The normalized spacial score (nSPS) is 14.6. The van der Waals surface area contributed by atoms with Crippen molar-refractivity contribution < 1.29 is 14.0 Å². The van der Waals surface area contributed by atoms with Crippen molar-refractivity contribution in [1.29, 1.82) is 0 Å². The standard InChI is InChI=1S/C25H22NO2/c1-27-23-12-11-17(16-24(23)28-2)15-21-20-9-5-6-10-22(20)26-14-13-18-7-3-4-8-19(18)25(21)26/h3-14,16,21H,15H2,1-2H3/q+1. The Morgan fingerprint density at radius 1 is 0.821 bits per heavy atom. The zero-order chi connectivity index (χ0) is 19.1. The summed E-state index contributed by atoms with van der Waals surface area (Å²) in [4.78, 5) is 0. The summed E-state index contributed by atoms with van der Waals surface area (Å²) in [7, 11) is 3.36. The average Bonchev–Trinajstić information content (AvgIpc) is 3.08. The quantitative estimate of drug-likeness (QED) is 0.482. The predicted octanol–water partition coefficient (Wildman–Crippen LogP) is 4.82. The molecule has 1 unspecified atom stereocenters. The highest BCUT2D eigenvalue weighted by Gasteiger charge is 2.38. The van der Waals surface area contributed by atoms with E-state index in [1.165, 1.54) is 33.3 Å². The molecule has 3 nitrogen and oxygen atoms in total. The van der Waals surface area contributed by atoms with Crippen LogP contribution in [0, 0.1) is 0 Å². The number of benzene rings is 3. The summed E-state index contributed by atoms with van der Waals surface area (Å²) < 4.78 is 13.3. The minimum Gasteiger partial charge on any atom is -0.493 e. The van der Waals surface area contributed by atoms with Crippen LogP contribution in [0.15, 0.2) is 79.0 Å². The third-order valence-electron chi connectivity index (χ3n) is 5.69. The second-order valence-electron chi connectivity index (χ2n) is 7.16. The summed E-state index contributed by atoms with van der Waals surface area (Å²) in [6, 6.07) is 25.8. The number of para-hydroxylation sites is 1. The van der Waals surface area contributed by atoms with E-state index in [4.69, 9.17) is 9.47 Å². The Hall–Kier alpha value is -3.33. The number of hydrogen-bond acceptors (Lipinski definition) is 2. The van der Waals surface area contributed by atoms with Gasteiger partial charge in [0.1, 0.15) is 0 Å². The molecule has 1 aliphatic rings. The molecule has 0 spiro atoms. The molecule has 0 amide bonds. The van der Waals surface area contributed by atoms with E-state index >= 15 is 0 Å². The van der Waals surface area contributed by atoms with Gasteiger partial charge >= 0.3 is 0 Å². The van der Waals surface area contributed by atoms with Gasteiger partial charge in [-0.2, -0.15) is 4.57 Å². The first-order valence-corrected chi connectivity index (χ1v) is 9.53. The molecule has 1 atom stereocenters. The highest BCUT2D eigenvalue weighted by molar-refractivity contribution is 5.85. The molecule has 138 valence electrons. The van der Waals surface area contributed by atoms with Gasteiger partial charge in [-0.3, -0.25) is 0 Å². The highest BCUT2D eigenvalue weighted by Crippen LogP contribution is 2.39. The van der Waals surface area contributed by atoms with Gasteiger partial charge in [0.15, 0.2) is 17.7 Å². The third kappa shape index (κ3) is 2.55. The van der Waals surface area contributed by atoms with Crippen molar-refractivity contribution in [1.82, 2.24) is 0 Å². The van der Waals surface area contributed by atoms with Crippen LogP contribution in [0.1, 0.15) is 22.7 Å². The number of ether oxygens (including phenoxy) is 2. The van der Waals surface area contributed by atoms with Gasteiger partial charge in [-0.05, 0) is 35.6 Å². The molecule has 1 aromatic heterocycles. The first kappa shape index (κ1) is 16.8. The zero-order valence-corrected chi connectivity index (χ0v) is 16.1. The lowest BCUT2D eigenvalue weighted by atomic mass is 9.88. The van der Waals surface area contributed by atoms with Gasteiger partial charge in [-0.15, -0.1) is 0 Å². The van der Waals surface area contributed by atoms with Crippen LogP contribution in [-0.4, -0.2) is 14.2 Å². The van der Waals surface area contributed by atoms with E-state index < -0.39 is 0 Å². The van der Waals surface area contributed by atoms with E-state index in [9.17, 15) is 0 Å². The molecule has 0 saturated carbocycles. The number of pyridine rings is 1. The second kappa shape index (κ2) is 6.68. The number of aromatic nitrogens is 1. The molecule has 3 heteroatoms. The maximum atomic E-state index is 5.52. The molecule has 28 heavy (non-hydrogen) atoms. The molecule has 0 fully saturated rings. The van der Waals surface area contributed by atoms with Crippen molar-refractivity contribution in [3.05, 3.63) is 95.8 Å². The molecule has 3 aromatic carbocycles. The highest BCUT2D eigenvalue weighted by atomic mass is 16.5. The SMILES string of the molecule is COc1ccc(CC2c3ccccc3-[n+]3ccc4ccccc4c32)cc1OC. The van der Waals surface area contributed by atoms with Crippen LogP contribution in [0.25, 0.3) is 16.5 Å². The largest absolute Gasteiger partial charge is 0.493 e. The van der Waals surface area contributed by atoms with Crippen LogP contribution in [0.5, 0.6) is 11.5 Å². The Kier molecular flexibility index (Phi) is 4.01. The van der Waals surface area contributed by atoms with Crippen molar-refractivity contribution in [3.63, 3.8) is 0 Å². The maximum absolute atomic E-state index is 5.52. The van der Waals surface area contributed by atoms with Crippen LogP contribution in [-0.2, 0) is 6.42 Å². The minimum atomic E-state index is 0.292. The Labute approximate surface area is 164 Å². The van der Waals surface area contributed by atoms with Crippen molar-refractivity contribution in [2.75, 3.05) is 14.2 Å². The summed E-state index contributed by atoms with van der Waals surface area (Å²) in [6.07, 6.45) is 3.11. The van der Waals surface area contributed by atoms with E-state index in [1.54, 1.807) is 14.2 Å². The molecule has 4 aromatic rings. The fourth-order valence-corrected chi connectivity index (χ4v) is 4.40. The Morgan fingerprint density at radius 3 is 2.46 bits per heavy atom. The van der Waals surface area contributed by atoms with Gasteiger partial charge in [-0.1, -0.05) is 42.5 Å². The van der Waals surface area contributed by atoms with Crippen LogP contribution >= 0.6 is 0 Å². The number of methoxy groups -OCH3 is 2. The average molecular weight is 368 g/mol. The summed E-state index contributed by atoms with van der Waals surface area (Å²) in [6.45, 7) is 0. The summed E-state index contributed by atoms with van der Waals surface area (Å²) in [5.41, 5.74) is 5.23. The van der Waals surface area contributed by atoms with Gasteiger partial charge < -0.3 is 9.47 Å². The fourth-order valence-electron chi connectivity index (χ4n) is 4.40. The van der Waals surface area contributed by atoms with E-state index in [0.29, 0.717) is 5.92 Å². The van der Waals surface area contributed by atoms with Crippen molar-refractivity contribution >= 4 is 10.8 Å². The van der Waals surface area contributed by atoms with Gasteiger partial charge in [0.25, 0.3) is 0 Å². The third-order valence-corrected chi connectivity index (χ3v) is 5.69. The number of hydrogen-bond donors (Lipinski definition) is 0. The van der Waals surface area contributed by atoms with E-state index in [1.807, 2.05) is 6.07 Å². The lowest BCUT2D eigenvalue weighted by molar-refractivity contribution is -0.596. The predicted molar refractivity (Wildman–Crippen MR) is 111 cm³/mol. The molecule has 1 aliphatic heterocycles. The number of nitrogens with zero attached hydrogens (tertiary/aromatic N) is 1. The van der Waals surface area contributed by atoms with Crippen molar-refractivity contribution in [2.24, 2.45) is 0 Å². The number of fused-ring (bicyclic) bond motifs is 5. The van der Waals surface area contributed by atoms with Gasteiger partial charge in [0.2, 0.25) is 11.4 Å². The molecule has 0 aliphatic carbocycles. The van der Waals surface area contributed by atoms with E-state index in [0.717, 1.165) is 17.9 Å². The maximum Gasteiger partial charge on any atom is 0.214 e. The Morgan fingerprint density at radius 2 is 1.61 bits per heavy atom. The van der Waals surface area contributed by atoms with Crippen molar-refractivity contribution in [2.45, 2.75) is 12.3 Å². The minimum absolute atomic E-state index is 0.292. The fraction of sp³-hybridized carbons (Fsp3) is 0.160. The van der Waals surface area contributed by atoms with E-state index in [-0.39, 0.29) is 0 Å². The topological polar surface area (TPSA) is 22.3 Å². The van der Waals surface area contributed by atoms with Crippen LogP contribution in [0.4, 0.5) is 0 Å². The summed E-state index contributed by atoms with van der Waals surface area (Å²) in [5, 5.41) is 2.59. The van der Waals surface area contributed by atoms with E-state index in [2.05, 4.69) is 77.5 Å². The molecule has 0 saturated heterocycles. The molecule has 0 N–H and O–H groups in total. The Bertz CT molecular complexity index is 1180. The van der Waals surface area contributed by atoms with Gasteiger partial charge in [0.05, 0.1) is 25.5 Å². The van der Waals surface area contributed by atoms with Gasteiger partial charge in [0, 0.05) is 17.7 Å². The van der Waals surface area contributed by atoms with Crippen LogP contribution in [0.2, 0.25) is 0 Å².